The summed E-state index contributed by atoms with van der Waals surface area (Å²) in [5, 5.41) is 17.8. The number of nitriles is 2. The molecule has 2 heterocycles. The van der Waals surface area contributed by atoms with Gasteiger partial charge in [-0.25, -0.2) is 0 Å². The largest absolute Gasteiger partial charge is 0.309 e. The summed E-state index contributed by atoms with van der Waals surface area (Å²) in [5.41, 5.74) is 5.08. The molecule has 4 aliphatic rings. The predicted molar refractivity (Wildman–Crippen MR) is 129 cm³/mol. The summed E-state index contributed by atoms with van der Waals surface area (Å²) >= 11 is 0. The fourth-order valence-electron chi connectivity index (χ4n) is 5.69. The first-order valence-electron chi connectivity index (χ1n) is 11.8. The van der Waals surface area contributed by atoms with Gasteiger partial charge in [0.05, 0.1) is 35.2 Å². The number of hydrogen-bond donors (Lipinski definition) is 0. The fourth-order valence-corrected chi connectivity index (χ4v) is 5.69. The first-order valence-corrected chi connectivity index (χ1v) is 11.8. The monoisotopic (exact) mass is 450 g/mol. The van der Waals surface area contributed by atoms with Gasteiger partial charge in [-0.1, -0.05) is 12.2 Å². The molecule has 0 spiro atoms. The molecule has 2 aromatic rings. The summed E-state index contributed by atoms with van der Waals surface area (Å²) in [6.45, 7) is 3.82. The lowest BCUT2D eigenvalue weighted by Crippen LogP contribution is -2.36. The van der Waals surface area contributed by atoms with E-state index in [1.807, 2.05) is 60.1 Å². The Bertz CT molecular complexity index is 1300. The number of aryl methyl sites for hydroxylation is 2. The Morgan fingerprint density at radius 2 is 1.41 bits per heavy atom. The van der Waals surface area contributed by atoms with Crippen LogP contribution in [0.5, 0.6) is 0 Å². The van der Waals surface area contributed by atoms with Crippen molar-refractivity contribution in [2.24, 2.45) is 11.8 Å². The third kappa shape index (κ3) is 3.56. The van der Waals surface area contributed by atoms with Crippen LogP contribution in [0.15, 0.2) is 48.6 Å². The van der Waals surface area contributed by atoms with E-state index in [9.17, 15) is 9.59 Å². The van der Waals surface area contributed by atoms with Gasteiger partial charge >= 0.3 is 0 Å². The molecule has 1 saturated carbocycles. The molecular formula is C28H26N4O2. The van der Waals surface area contributed by atoms with E-state index in [1.54, 1.807) is 6.07 Å². The van der Waals surface area contributed by atoms with Crippen LogP contribution >= 0.6 is 0 Å². The highest BCUT2D eigenvalue weighted by Crippen LogP contribution is 2.41. The Kier molecular flexibility index (Phi) is 5.46. The van der Waals surface area contributed by atoms with E-state index in [0.29, 0.717) is 17.2 Å². The Labute approximate surface area is 199 Å². The molecule has 6 nitrogen and oxygen atoms in total. The van der Waals surface area contributed by atoms with E-state index in [-0.39, 0.29) is 29.7 Å². The zero-order valence-electron chi connectivity index (χ0n) is 19.4. The van der Waals surface area contributed by atoms with E-state index in [4.69, 9.17) is 10.5 Å². The number of anilines is 2. The summed E-state index contributed by atoms with van der Waals surface area (Å²) < 4.78 is 0. The van der Waals surface area contributed by atoms with Crippen molar-refractivity contribution < 1.29 is 9.59 Å². The smallest absolute Gasteiger partial charge is 0.234 e. The van der Waals surface area contributed by atoms with Crippen LogP contribution in [0.2, 0.25) is 0 Å². The molecule has 6 rings (SSSR count). The molecule has 6 heteroatoms. The molecule has 2 saturated heterocycles. The zero-order chi connectivity index (χ0) is 24.0. The van der Waals surface area contributed by atoms with Crippen molar-refractivity contribution in [3.63, 3.8) is 0 Å². The quantitative estimate of drug-likeness (QED) is 0.629. The molecule has 0 unspecified atom stereocenters. The molecule has 2 aromatic carbocycles. The minimum Gasteiger partial charge on any atom is -0.309 e. The second kappa shape index (κ2) is 8.47. The minimum absolute atomic E-state index is 0.0657. The van der Waals surface area contributed by atoms with Crippen molar-refractivity contribution in [3.8, 4) is 12.1 Å². The van der Waals surface area contributed by atoms with Gasteiger partial charge in [0, 0.05) is 23.3 Å². The minimum atomic E-state index is 0.0657. The normalized spacial score (nSPS) is 25.9. The molecule has 34 heavy (non-hydrogen) atoms. The highest BCUT2D eigenvalue weighted by molar-refractivity contribution is 6.01. The van der Waals surface area contributed by atoms with Gasteiger partial charge in [0.2, 0.25) is 11.8 Å². The van der Waals surface area contributed by atoms with E-state index in [0.717, 1.165) is 48.2 Å². The molecule has 0 aromatic heterocycles. The first kappa shape index (κ1) is 21.9. The summed E-state index contributed by atoms with van der Waals surface area (Å²) in [5.74, 6) is 0.763. The number of benzene rings is 2. The van der Waals surface area contributed by atoms with Crippen LogP contribution in [0, 0.1) is 48.3 Å². The van der Waals surface area contributed by atoms with Crippen molar-refractivity contribution in [2.75, 3.05) is 9.80 Å². The summed E-state index contributed by atoms with van der Waals surface area (Å²) in [7, 11) is 0. The van der Waals surface area contributed by atoms with Crippen LogP contribution < -0.4 is 9.80 Å². The van der Waals surface area contributed by atoms with E-state index < -0.39 is 0 Å². The summed E-state index contributed by atoms with van der Waals surface area (Å²) in [6.07, 6.45) is 8.18. The molecule has 4 atom stereocenters. The Hall–Kier alpha value is -3.90. The first-order chi connectivity index (χ1) is 16.4. The topological polar surface area (TPSA) is 88.2 Å². The van der Waals surface area contributed by atoms with Gasteiger partial charge in [-0.2, -0.15) is 10.5 Å². The van der Waals surface area contributed by atoms with E-state index in [1.165, 1.54) is 0 Å². The molecule has 3 fully saturated rings. The number of amides is 2. The lowest BCUT2D eigenvalue weighted by molar-refractivity contribution is -0.121. The van der Waals surface area contributed by atoms with Crippen LogP contribution in [0.25, 0.3) is 0 Å². The molecule has 2 amide bonds. The Morgan fingerprint density at radius 3 is 1.88 bits per heavy atom. The number of carbonyl (C=O) groups excluding carboxylic acids is 2. The number of rotatable bonds is 2. The SMILES string of the molecule is Cc1cc(N2C(=O)[C@@H]3C=C[C@H]2C3)ccc1C#N.Cc1cc(N2C(=O)[C@@H]3CC[C@H]2C3)ccc1C#N. The molecular weight excluding hydrogens is 424 g/mol. The Morgan fingerprint density at radius 1 is 0.794 bits per heavy atom. The van der Waals surface area contributed by atoms with Crippen LogP contribution in [0.4, 0.5) is 11.4 Å². The lowest BCUT2D eigenvalue weighted by atomic mass is 10.1. The van der Waals surface area contributed by atoms with E-state index >= 15 is 0 Å². The molecule has 2 aliphatic heterocycles. The molecule has 4 bridgehead atoms. The average molecular weight is 451 g/mol. The maximum absolute atomic E-state index is 12.1. The average Bonchev–Trinajstić information content (AvgIpc) is 3.61. The third-order valence-corrected chi connectivity index (χ3v) is 7.52. The van der Waals surface area contributed by atoms with Gasteiger partial charge in [-0.15, -0.1) is 0 Å². The maximum atomic E-state index is 12.1. The number of hydrogen-bond acceptors (Lipinski definition) is 4. The van der Waals surface area contributed by atoms with Crippen LogP contribution in [-0.2, 0) is 9.59 Å². The second-order valence-corrected chi connectivity index (χ2v) is 9.60. The number of fused-ring (bicyclic) bond motifs is 4. The summed E-state index contributed by atoms with van der Waals surface area (Å²) in [6, 6.07) is 16.1. The van der Waals surface area contributed by atoms with Gasteiger partial charge in [0.25, 0.3) is 0 Å². The fraction of sp³-hybridized carbons (Fsp3) is 0.357. The number of carbonyl (C=O) groups is 2. The van der Waals surface area contributed by atoms with Gasteiger partial charge < -0.3 is 9.80 Å². The highest BCUT2D eigenvalue weighted by atomic mass is 16.2. The zero-order valence-corrected chi connectivity index (χ0v) is 19.4. The standard InChI is InChI=1S/C14H14N2O.C14H12N2O/c2*1-9-6-12(5-3-11(9)8-15)16-13-4-2-10(7-13)14(16)17/h3,5-6,10,13H,2,4,7H2,1H3;2-6,10,13H,7H2,1H3/t2*10-,13+/m11/s1. The summed E-state index contributed by atoms with van der Waals surface area (Å²) in [4.78, 5) is 27.9. The molecule has 2 aliphatic carbocycles. The predicted octanol–water partition coefficient (Wildman–Crippen LogP) is 4.54. The van der Waals surface area contributed by atoms with Crippen molar-refractivity contribution >= 4 is 23.2 Å². The van der Waals surface area contributed by atoms with Gasteiger partial charge in [-0.3, -0.25) is 9.59 Å². The van der Waals surface area contributed by atoms with Crippen LogP contribution in [-0.4, -0.2) is 23.9 Å². The van der Waals surface area contributed by atoms with Gasteiger partial charge in [-0.05, 0) is 87.1 Å². The molecule has 0 radical (unpaired) electrons. The van der Waals surface area contributed by atoms with E-state index in [2.05, 4.69) is 18.2 Å². The number of piperidine rings is 1. The van der Waals surface area contributed by atoms with Gasteiger partial charge in [0.15, 0.2) is 0 Å². The maximum Gasteiger partial charge on any atom is 0.234 e. The van der Waals surface area contributed by atoms with Crippen LogP contribution in [0.3, 0.4) is 0 Å². The van der Waals surface area contributed by atoms with Crippen molar-refractivity contribution in [1.82, 2.24) is 0 Å². The van der Waals surface area contributed by atoms with Crippen molar-refractivity contribution in [2.45, 2.75) is 51.6 Å². The van der Waals surface area contributed by atoms with Gasteiger partial charge in [0.1, 0.15) is 0 Å². The lowest BCUT2D eigenvalue weighted by Gasteiger charge is -2.27. The molecule has 170 valence electrons. The number of nitrogens with zero attached hydrogens (tertiary/aromatic N) is 4. The Balaban J connectivity index is 0.000000142. The van der Waals surface area contributed by atoms with Crippen molar-refractivity contribution in [1.29, 1.82) is 10.5 Å². The molecule has 0 N–H and O–H groups in total. The highest BCUT2D eigenvalue weighted by Gasteiger charge is 2.45. The second-order valence-electron chi connectivity index (χ2n) is 9.60. The van der Waals surface area contributed by atoms with Crippen molar-refractivity contribution in [3.05, 3.63) is 70.8 Å². The third-order valence-electron chi connectivity index (χ3n) is 7.52. The van der Waals surface area contributed by atoms with Crippen LogP contribution in [0.1, 0.15) is 47.9 Å².